The summed E-state index contributed by atoms with van der Waals surface area (Å²) in [5.74, 6) is 2.17. The number of rotatable bonds is 5. The predicted octanol–water partition coefficient (Wildman–Crippen LogP) is 3.71. The third-order valence-electron chi connectivity index (χ3n) is 4.75. The van der Waals surface area contributed by atoms with Crippen molar-refractivity contribution in [3.05, 3.63) is 23.2 Å². The zero-order valence-corrected chi connectivity index (χ0v) is 13.8. The van der Waals surface area contributed by atoms with E-state index in [1.165, 1.54) is 31.2 Å². The lowest BCUT2D eigenvalue weighted by atomic mass is 9.75. The van der Waals surface area contributed by atoms with Gasteiger partial charge < -0.3 is 9.73 Å². The molecule has 0 amide bonds. The fourth-order valence-electron chi connectivity index (χ4n) is 3.20. The normalized spacial score (nSPS) is 19.7. The Kier molecular flexibility index (Phi) is 4.92. The van der Waals surface area contributed by atoms with Gasteiger partial charge in [-0.25, -0.2) is 0 Å². The minimum atomic E-state index is 0.540. The molecule has 1 aliphatic carbocycles. The Balaban J connectivity index is 1.91. The Morgan fingerprint density at radius 2 is 2.00 bits per heavy atom. The molecule has 0 aliphatic heterocycles. The van der Waals surface area contributed by atoms with Crippen LogP contribution in [0.1, 0.15) is 56.6 Å². The SMILES string of the molecule is CNCc1oc(CN(C)C2CCC(C)(C)CC2)cc1C. The number of aryl methyl sites for hydroxylation is 1. The van der Waals surface area contributed by atoms with Gasteiger partial charge in [-0.1, -0.05) is 13.8 Å². The molecule has 1 fully saturated rings. The molecular formula is C17H30N2O. The Hall–Kier alpha value is -0.800. The fourth-order valence-corrected chi connectivity index (χ4v) is 3.20. The fraction of sp³-hybridized carbons (Fsp3) is 0.765. The molecule has 0 saturated heterocycles. The van der Waals surface area contributed by atoms with Crippen molar-refractivity contribution in [3.63, 3.8) is 0 Å². The first-order valence-electron chi connectivity index (χ1n) is 7.84. The van der Waals surface area contributed by atoms with Crippen molar-refractivity contribution in [2.45, 2.75) is 65.6 Å². The Morgan fingerprint density at radius 1 is 1.35 bits per heavy atom. The van der Waals surface area contributed by atoms with Gasteiger partial charge in [0.15, 0.2) is 0 Å². The van der Waals surface area contributed by atoms with Gasteiger partial charge in [0, 0.05) is 6.04 Å². The first-order valence-corrected chi connectivity index (χ1v) is 7.84. The van der Waals surface area contributed by atoms with E-state index >= 15 is 0 Å². The number of furan rings is 1. The van der Waals surface area contributed by atoms with Gasteiger partial charge in [-0.05, 0) is 63.7 Å². The van der Waals surface area contributed by atoms with Crippen molar-refractivity contribution in [1.29, 1.82) is 0 Å². The van der Waals surface area contributed by atoms with Crippen molar-refractivity contribution < 1.29 is 4.42 Å². The quantitative estimate of drug-likeness (QED) is 0.890. The third kappa shape index (κ3) is 3.86. The lowest BCUT2D eigenvalue weighted by molar-refractivity contribution is 0.117. The maximum Gasteiger partial charge on any atom is 0.120 e. The van der Waals surface area contributed by atoms with Crippen LogP contribution in [0.25, 0.3) is 0 Å². The standard InChI is InChI=1S/C17H30N2O/c1-13-10-15(20-16(13)11-18-4)12-19(5)14-6-8-17(2,3)9-7-14/h10,14,18H,6-9,11-12H2,1-5H3. The molecule has 0 atom stereocenters. The molecular weight excluding hydrogens is 248 g/mol. The molecule has 1 saturated carbocycles. The summed E-state index contributed by atoms with van der Waals surface area (Å²) in [7, 11) is 4.19. The average Bonchev–Trinajstić information content (AvgIpc) is 2.70. The van der Waals surface area contributed by atoms with E-state index in [0.29, 0.717) is 11.5 Å². The summed E-state index contributed by atoms with van der Waals surface area (Å²) in [4.78, 5) is 2.47. The van der Waals surface area contributed by atoms with Gasteiger partial charge in [0.05, 0.1) is 13.1 Å². The van der Waals surface area contributed by atoms with E-state index in [1.807, 2.05) is 7.05 Å². The second-order valence-corrected chi connectivity index (χ2v) is 7.16. The van der Waals surface area contributed by atoms with E-state index in [9.17, 15) is 0 Å². The van der Waals surface area contributed by atoms with Crippen LogP contribution in [0.5, 0.6) is 0 Å². The van der Waals surface area contributed by atoms with Crippen LogP contribution in [0.4, 0.5) is 0 Å². The molecule has 114 valence electrons. The number of hydrogen-bond acceptors (Lipinski definition) is 3. The maximum atomic E-state index is 5.95. The van der Waals surface area contributed by atoms with Crippen molar-refractivity contribution >= 4 is 0 Å². The molecule has 0 radical (unpaired) electrons. The summed E-state index contributed by atoms with van der Waals surface area (Å²) in [6.45, 7) is 8.65. The van der Waals surface area contributed by atoms with Crippen LogP contribution in [0.15, 0.2) is 10.5 Å². The Bertz CT molecular complexity index is 426. The van der Waals surface area contributed by atoms with Crippen molar-refractivity contribution in [2.24, 2.45) is 5.41 Å². The van der Waals surface area contributed by atoms with Crippen LogP contribution in [-0.2, 0) is 13.1 Å². The molecule has 0 unspecified atom stereocenters. The van der Waals surface area contributed by atoms with E-state index in [-0.39, 0.29) is 0 Å². The molecule has 20 heavy (non-hydrogen) atoms. The molecule has 0 aromatic carbocycles. The molecule has 3 heteroatoms. The molecule has 3 nitrogen and oxygen atoms in total. The molecule has 0 bridgehead atoms. The smallest absolute Gasteiger partial charge is 0.120 e. The average molecular weight is 278 g/mol. The van der Waals surface area contributed by atoms with E-state index in [0.717, 1.165) is 24.6 Å². The second-order valence-electron chi connectivity index (χ2n) is 7.16. The molecule has 2 rings (SSSR count). The number of nitrogens with one attached hydrogen (secondary N) is 1. The third-order valence-corrected chi connectivity index (χ3v) is 4.75. The highest BCUT2D eigenvalue weighted by molar-refractivity contribution is 5.20. The zero-order valence-electron chi connectivity index (χ0n) is 13.8. The van der Waals surface area contributed by atoms with E-state index in [2.05, 4.69) is 44.1 Å². The van der Waals surface area contributed by atoms with Crippen molar-refractivity contribution in [2.75, 3.05) is 14.1 Å². The summed E-state index contributed by atoms with van der Waals surface area (Å²) >= 11 is 0. The lowest BCUT2D eigenvalue weighted by Gasteiger charge is -2.38. The van der Waals surface area contributed by atoms with Crippen LogP contribution < -0.4 is 5.32 Å². The topological polar surface area (TPSA) is 28.4 Å². The van der Waals surface area contributed by atoms with Crippen molar-refractivity contribution in [3.8, 4) is 0 Å². The zero-order chi connectivity index (χ0) is 14.8. The van der Waals surface area contributed by atoms with Crippen LogP contribution in [0.2, 0.25) is 0 Å². The predicted molar refractivity (Wildman–Crippen MR) is 83.7 cm³/mol. The summed E-state index contributed by atoms with van der Waals surface area (Å²) in [6.07, 6.45) is 5.30. The number of nitrogens with zero attached hydrogens (tertiary/aromatic N) is 1. The van der Waals surface area contributed by atoms with Crippen LogP contribution in [0, 0.1) is 12.3 Å². The van der Waals surface area contributed by atoms with Gasteiger partial charge in [-0.15, -0.1) is 0 Å². The van der Waals surface area contributed by atoms with E-state index < -0.39 is 0 Å². The molecule has 1 aromatic rings. The van der Waals surface area contributed by atoms with Gasteiger partial charge in [0.2, 0.25) is 0 Å². The molecule has 1 heterocycles. The first-order chi connectivity index (χ1) is 9.41. The molecule has 1 aromatic heterocycles. The minimum Gasteiger partial charge on any atom is -0.463 e. The lowest BCUT2D eigenvalue weighted by Crippen LogP contribution is -2.36. The van der Waals surface area contributed by atoms with Gasteiger partial charge >= 0.3 is 0 Å². The maximum absolute atomic E-state index is 5.95. The van der Waals surface area contributed by atoms with Crippen LogP contribution in [-0.4, -0.2) is 25.0 Å². The second kappa shape index (κ2) is 6.31. The van der Waals surface area contributed by atoms with Crippen molar-refractivity contribution in [1.82, 2.24) is 10.2 Å². The summed E-state index contributed by atoms with van der Waals surface area (Å²) in [5.41, 5.74) is 1.80. The monoisotopic (exact) mass is 278 g/mol. The van der Waals surface area contributed by atoms with Gasteiger partial charge in [0.1, 0.15) is 11.5 Å². The Morgan fingerprint density at radius 3 is 2.60 bits per heavy atom. The highest BCUT2D eigenvalue weighted by Gasteiger charge is 2.29. The van der Waals surface area contributed by atoms with E-state index in [4.69, 9.17) is 4.42 Å². The summed E-state index contributed by atoms with van der Waals surface area (Å²) in [6, 6.07) is 2.90. The van der Waals surface area contributed by atoms with Crippen LogP contribution >= 0.6 is 0 Å². The summed E-state index contributed by atoms with van der Waals surface area (Å²) in [5, 5.41) is 3.16. The summed E-state index contributed by atoms with van der Waals surface area (Å²) < 4.78 is 5.95. The largest absolute Gasteiger partial charge is 0.463 e. The first kappa shape index (κ1) is 15.6. The Labute approximate surface area is 123 Å². The van der Waals surface area contributed by atoms with Gasteiger partial charge in [-0.2, -0.15) is 0 Å². The van der Waals surface area contributed by atoms with Gasteiger partial charge in [-0.3, -0.25) is 4.90 Å². The molecule has 0 spiro atoms. The minimum absolute atomic E-state index is 0.540. The van der Waals surface area contributed by atoms with E-state index in [1.54, 1.807) is 0 Å². The van der Waals surface area contributed by atoms with Gasteiger partial charge in [0.25, 0.3) is 0 Å². The highest BCUT2D eigenvalue weighted by Crippen LogP contribution is 2.36. The highest BCUT2D eigenvalue weighted by atomic mass is 16.3. The van der Waals surface area contributed by atoms with Crippen LogP contribution in [0.3, 0.4) is 0 Å². The molecule has 1 aliphatic rings. The molecule has 1 N–H and O–H groups in total. The number of hydrogen-bond donors (Lipinski definition) is 1.